The second kappa shape index (κ2) is 6.32. The fourth-order valence-corrected chi connectivity index (χ4v) is 3.28. The number of nitrogens with zero attached hydrogens (tertiary/aromatic N) is 2. The highest BCUT2D eigenvalue weighted by atomic mass is 19.3. The molecule has 1 amide bonds. The second-order valence-electron chi connectivity index (χ2n) is 6.06. The van der Waals surface area contributed by atoms with Gasteiger partial charge in [0.15, 0.2) is 0 Å². The number of aliphatic hydroxyl groups excluding tert-OH is 1. The highest BCUT2D eigenvalue weighted by Gasteiger charge is 2.32. The van der Waals surface area contributed by atoms with Crippen molar-refractivity contribution in [3.05, 3.63) is 52.3 Å². The highest BCUT2D eigenvalue weighted by molar-refractivity contribution is 5.79. The molecule has 0 saturated carbocycles. The Kier molecular flexibility index (Phi) is 4.36. The number of halogens is 2. The van der Waals surface area contributed by atoms with E-state index in [1.807, 2.05) is 24.3 Å². The molecule has 0 aliphatic heterocycles. The Balaban J connectivity index is 1.75. The molecule has 0 bridgehead atoms. The third-order valence-electron chi connectivity index (χ3n) is 4.52. The highest BCUT2D eigenvalue weighted by Crippen LogP contribution is 2.31. The quantitative estimate of drug-likeness (QED) is 0.900. The fourth-order valence-electron chi connectivity index (χ4n) is 3.28. The molecular formula is C17H19F2N3O2. The molecule has 2 N–H and O–H groups in total. The van der Waals surface area contributed by atoms with Crippen LogP contribution in [0.4, 0.5) is 8.78 Å². The third kappa shape index (κ3) is 2.91. The van der Waals surface area contributed by atoms with E-state index >= 15 is 0 Å². The van der Waals surface area contributed by atoms with Crippen LogP contribution in [0.3, 0.4) is 0 Å². The van der Waals surface area contributed by atoms with Gasteiger partial charge >= 0.3 is 6.55 Å². The van der Waals surface area contributed by atoms with Crippen LogP contribution in [0, 0.1) is 13.8 Å². The molecule has 0 fully saturated rings. The molecule has 1 aliphatic rings. The van der Waals surface area contributed by atoms with Gasteiger partial charge in [-0.25, -0.2) is 4.68 Å². The number of rotatable bonds is 4. The van der Waals surface area contributed by atoms with Crippen LogP contribution >= 0.6 is 0 Å². The van der Waals surface area contributed by atoms with Gasteiger partial charge in [-0.05, 0) is 25.0 Å². The third-order valence-corrected chi connectivity index (χ3v) is 4.52. The fraction of sp³-hybridized carbons (Fsp3) is 0.412. The maximum Gasteiger partial charge on any atom is 0.333 e. The lowest BCUT2D eigenvalue weighted by molar-refractivity contribution is -0.122. The van der Waals surface area contributed by atoms with Crippen molar-refractivity contribution >= 4 is 5.91 Å². The maximum absolute atomic E-state index is 12.9. The topological polar surface area (TPSA) is 67.2 Å². The van der Waals surface area contributed by atoms with Crippen molar-refractivity contribution in [2.45, 2.75) is 45.4 Å². The number of hydrogen-bond acceptors (Lipinski definition) is 3. The minimum atomic E-state index is -2.73. The molecular weight excluding hydrogens is 316 g/mol. The summed E-state index contributed by atoms with van der Waals surface area (Å²) < 4.78 is 26.4. The summed E-state index contributed by atoms with van der Waals surface area (Å²) in [5.41, 5.74) is 3.09. The van der Waals surface area contributed by atoms with Crippen molar-refractivity contribution in [2.75, 3.05) is 0 Å². The first-order valence-corrected chi connectivity index (χ1v) is 7.76. The smallest absolute Gasteiger partial charge is 0.333 e. The first-order chi connectivity index (χ1) is 11.4. The predicted molar refractivity (Wildman–Crippen MR) is 83.7 cm³/mol. The van der Waals surface area contributed by atoms with Crippen molar-refractivity contribution in [2.24, 2.45) is 0 Å². The van der Waals surface area contributed by atoms with Crippen LogP contribution in [0.25, 0.3) is 0 Å². The van der Waals surface area contributed by atoms with Gasteiger partial charge in [0.25, 0.3) is 0 Å². The zero-order valence-electron chi connectivity index (χ0n) is 13.5. The summed E-state index contributed by atoms with van der Waals surface area (Å²) in [5.74, 6) is -0.323. The molecule has 1 aromatic heterocycles. The summed E-state index contributed by atoms with van der Waals surface area (Å²) in [6.07, 6.45) is -0.240. The average molecular weight is 335 g/mol. The van der Waals surface area contributed by atoms with Gasteiger partial charge in [-0.3, -0.25) is 4.79 Å². The van der Waals surface area contributed by atoms with E-state index < -0.39 is 18.7 Å². The lowest BCUT2D eigenvalue weighted by atomic mass is 10.1. The summed E-state index contributed by atoms with van der Waals surface area (Å²) in [7, 11) is 0. The average Bonchev–Trinajstić information content (AvgIpc) is 2.99. The SMILES string of the molecule is Cc1nn(C(F)F)c(C)c1CC(=O)N[C@@H]1c2ccccc2C[C@@H]1O. The second-order valence-corrected chi connectivity index (χ2v) is 6.06. The molecule has 128 valence electrons. The van der Waals surface area contributed by atoms with Gasteiger partial charge in [0, 0.05) is 17.7 Å². The number of aromatic nitrogens is 2. The van der Waals surface area contributed by atoms with Gasteiger partial charge in [0.1, 0.15) is 0 Å². The zero-order valence-corrected chi connectivity index (χ0v) is 13.5. The number of carbonyl (C=O) groups excluding carboxylic acids is 1. The van der Waals surface area contributed by atoms with Crippen molar-refractivity contribution in [3.63, 3.8) is 0 Å². The number of aliphatic hydroxyl groups is 1. The number of aryl methyl sites for hydroxylation is 1. The van der Waals surface area contributed by atoms with Crippen molar-refractivity contribution in [3.8, 4) is 0 Å². The molecule has 1 aromatic carbocycles. The van der Waals surface area contributed by atoms with Crippen LogP contribution in [0.2, 0.25) is 0 Å². The summed E-state index contributed by atoms with van der Waals surface area (Å²) >= 11 is 0. The first-order valence-electron chi connectivity index (χ1n) is 7.76. The molecule has 0 radical (unpaired) electrons. The summed E-state index contributed by atoms with van der Waals surface area (Å²) in [6, 6.07) is 7.07. The minimum absolute atomic E-state index is 0.0459. The van der Waals surface area contributed by atoms with E-state index in [1.54, 1.807) is 6.92 Å². The Morgan fingerprint density at radius 2 is 2.12 bits per heavy atom. The van der Waals surface area contributed by atoms with E-state index in [1.165, 1.54) is 6.92 Å². The number of carbonyl (C=O) groups is 1. The number of hydrogen-bond donors (Lipinski definition) is 2. The Morgan fingerprint density at radius 1 is 1.42 bits per heavy atom. The Morgan fingerprint density at radius 3 is 2.79 bits per heavy atom. The van der Waals surface area contributed by atoms with Crippen molar-refractivity contribution in [1.82, 2.24) is 15.1 Å². The van der Waals surface area contributed by atoms with Crippen molar-refractivity contribution in [1.29, 1.82) is 0 Å². The van der Waals surface area contributed by atoms with E-state index in [2.05, 4.69) is 10.4 Å². The molecule has 7 heteroatoms. The van der Waals surface area contributed by atoms with E-state index in [0.29, 0.717) is 22.4 Å². The van der Waals surface area contributed by atoms with Gasteiger partial charge in [0.05, 0.1) is 24.3 Å². The molecule has 0 unspecified atom stereocenters. The van der Waals surface area contributed by atoms with Crippen LogP contribution in [0.15, 0.2) is 24.3 Å². The Hall–Kier alpha value is -2.28. The minimum Gasteiger partial charge on any atom is -0.390 e. The Bertz CT molecular complexity index is 773. The molecule has 5 nitrogen and oxygen atoms in total. The maximum atomic E-state index is 12.9. The molecule has 24 heavy (non-hydrogen) atoms. The standard InChI is InChI=1S/C17H19F2N3O2/c1-9-13(10(2)22(21-9)17(18)19)8-15(24)20-16-12-6-4-3-5-11(12)7-14(16)23/h3-6,14,16-17,23H,7-8H2,1-2H3,(H,20,24)/t14-,16+/m0/s1. The first kappa shape index (κ1) is 16.6. The van der Waals surface area contributed by atoms with Gasteiger partial charge in [-0.15, -0.1) is 0 Å². The zero-order chi connectivity index (χ0) is 17.4. The van der Waals surface area contributed by atoms with Crippen LogP contribution in [-0.2, 0) is 17.6 Å². The normalized spacial score (nSPS) is 19.6. The van der Waals surface area contributed by atoms with E-state index in [9.17, 15) is 18.7 Å². The molecule has 0 spiro atoms. The lowest BCUT2D eigenvalue weighted by Gasteiger charge is -2.18. The van der Waals surface area contributed by atoms with Gasteiger partial charge in [-0.1, -0.05) is 24.3 Å². The van der Waals surface area contributed by atoms with Crippen LogP contribution in [0.5, 0.6) is 0 Å². The lowest BCUT2D eigenvalue weighted by Crippen LogP contribution is -2.35. The largest absolute Gasteiger partial charge is 0.390 e. The molecule has 3 rings (SSSR count). The van der Waals surface area contributed by atoms with Gasteiger partial charge in [-0.2, -0.15) is 13.9 Å². The van der Waals surface area contributed by atoms with E-state index in [4.69, 9.17) is 0 Å². The number of fused-ring (bicyclic) bond motifs is 1. The molecule has 2 atom stereocenters. The monoisotopic (exact) mass is 335 g/mol. The number of amides is 1. The number of nitrogens with one attached hydrogen (secondary N) is 1. The molecule has 1 aliphatic carbocycles. The molecule has 2 aromatic rings. The number of alkyl halides is 2. The number of benzene rings is 1. The van der Waals surface area contributed by atoms with Crippen molar-refractivity contribution < 1.29 is 18.7 Å². The van der Waals surface area contributed by atoms with Crippen LogP contribution in [0.1, 0.15) is 40.7 Å². The van der Waals surface area contributed by atoms with E-state index in [-0.39, 0.29) is 18.0 Å². The molecule has 0 saturated heterocycles. The summed E-state index contributed by atoms with van der Waals surface area (Å²) in [5, 5.41) is 16.8. The predicted octanol–water partition coefficient (Wildman–Crippen LogP) is 2.21. The van der Waals surface area contributed by atoms with Gasteiger partial charge < -0.3 is 10.4 Å². The van der Waals surface area contributed by atoms with Gasteiger partial charge in [0.2, 0.25) is 5.91 Å². The molecule has 1 heterocycles. The Labute approximate surface area is 138 Å². The van der Waals surface area contributed by atoms with E-state index in [0.717, 1.165) is 11.1 Å². The summed E-state index contributed by atoms with van der Waals surface area (Å²) in [4.78, 5) is 12.4. The summed E-state index contributed by atoms with van der Waals surface area (Å²) in [6.45, 7) is 0.395. The van der Waals surface area contributed by atoms with Crippen LogP contribution in [-0.4, -0.2) is 26.9 Å². The van der Waals surface area contributed by atoms with Crippen LogP contribution < -0.4 is 5.32 Å².